The number of nitrogens with zero attached hydrogens (tertiary/aromatic N) is 1. The van der Waals surface area contributed by atoms with Crippen LogP contribution in [0.5, 0.6) is 0 Å². The van der Waals surface area contributed by atoms with Gasteiger partial charge >= 0.3 is 0 Å². The summed E-state index contributed by atoms with van der Waals surface area (Å²) < 4.78 is 61.1. The first-order valence-electron chi connectivity index (χ1n) is 5.90. The van der Waals surface area contributed by atoms with Gasteiger partial charge in [0.1, 0.15) is 5.82 Å². The lowest BCUT2D eigenvalue weighted by Gasteiger charge is -2.04. The lowest BCUT2D eigenvalue weighted by Crippen LogP contribution is -1.94. The first-order chi connectivity index (χ1) is 8.79. The predicted octanol–water partition coefficient (Wildman–Crippen LogP) is 3.47. The highest BCUT2D eigenvalue weighted by atomic mass is 19.2. The molecule has 16 heavy (non-hydrogen) atoms. The van der Waals surface area contributed by atoms with Crippen molar-refractivity contribution >= 4 is 0 Å². The Morgan fingerprint density at radius 2 is 2.00 bits per heavy atom. The molecular formula is C12H8F3N. The van der Waals surface area contributed by atoms with Crippen LogP contribution in [-0.4, -0.2) is 4.98 Å². The molecule has 1 nitrogen and oxygen atoms in total. The molecule has 1 aromatic carbocycles. The number of pyridine rings is 1. The number of hydrogen-bond acceptors (Lipinski definition) is 1. The fourth-order valence-corrected chi connectivity index (χ4v) is 1.30. The molecule has 82 valence electrons. The SMILES string of the molecule is [2H]C([2H])([2H])c1ccc(-c2cc(F)cc(F)c2F)nc1. The molecule has 0 fully saturated rings. The summed E-state index contributed by atoms with van der Waals surface area (Å²) in [4.78, 5) is 3.73. The van der Waals surface area contributed by atoms with Crippen LogP contribution in [0, 0.1) is 24.3 Å². The molecule has 1 heterocycles. The molecule has 0 aliphatic rings. The first kappa shape index (κ1) is 7.44. The molecule has 0 aliphatic carbocycles. The molecule has 0 atom stereocenters. The summed E-state index contributed by atoms with van der Waals surface area (Å²) in [6.45, 7) is -2.34. The largest absolute Gasteiger partial charge is 0.256 e. The summed E-state index contributed by atoms with van der Waals surface area (Å²) in [5.41, 5.74) is -0.424. The van der Waals surface area contributed by atoms with Crippen LogP contribution in [0.1, 0.15) is 9.68 Å². The van der Waals surface area contributed by atoms with Crippen molar-refractivity contribution in [1.82, 2.24) is 4.98 Å². The van der Waals surface area contributed by atoms with Crippen molar-refractivity contribution < 1.29 is 17.3 Å². The fraction of sp³-hybridized carbons (Fsp3) is 0.0833. The van der Waals surface area contributed by atoms with Gasteiger partial charge in [-0.25, -0.2) is 13.2 Å². The standard InChI is InChI=1S/C12H8F3N/c1-7-2-3-11(16-6-7)9-4-8(13)5-10(14)12(9)15/h2-6H,1H3/i1D3. The molecule has 0 N–H and O–H groups in total. The molecule has 2 aromatic rings. The highest BCUT2D eigenvalue weighted by molar-refractivity contribution is 5.60. The molecule has 1 aromatic heterocycles. The van der Waals surface area contributed by atoms with Crippen LogP contribution in [0.15, 0.2) is 30.5 Å². The number of benzene rings is 1. The minimum Gasteiger partial charge on any atom is -0.256 e. The molecular weight excluding hydrogens is 215 g/mol. The van der Waals surface area contributed by atoms with E-state index in [0.29, 0.717) is 6.07 Å². The number of aromatic nitrogens is 1. The molecule has 0 bridgehead atoms. The second-order valence-corrected chi connectivity index (χ2v) is 3.18. The molecule has 0 radical (unpaired) electrons. The average Bonchev–Trinajstić information content (AvgIpc) is 2.33. The van der Waals surface area contributed by atoms with E-state index in [1.165, 1.54) is 12.1 Å². The third-order valence-electron chi connectivity index (χ3n) is 2.03. The second kappa shape index (κ2) is 3.96. The topological polar surface area (TPSA) is 12.9 Å². The van der Waals surface area contributed by atoms with Crippen molar-refractivity contribution in [2.45, 2.75) is 6.85 Å². The highest BCUT2D eigenvalue weighted by Crippen LogP contribution is 2.24. The predicted molar refractivity (Wildman–Crippen MR) is 54.3 cm³/mol. The highest BCUT2D eigenvalue weighted by Gasteiger charge is 2.13. The molecule has 0 unspecified atom stereocenters. The van der Waals surface area contributed by atoms with Gasteiger partial charge in [-0.1, -0.05) is 6.07 Å². The third-order valence-corrected chi connectivity index (χ3v) is 2.03. The van der Waals surface area contributed by atoms with E-state index in [9.17, 15) is 13.2 Å². The van der Waals surface area contributed by atoms with E-state index < -0.39 is 24.3 Å². The number of hydrogen-bond donors (Lipinski definition) is 0. The fourth-order valence-electron chi connectivity index (χ4n) is 1.30. The van der Waals surface area contributed by atoms with E-state index in [1.54, 1.807) is 0 Å². The van der Waals surface area contributed by atoms with Crippen LogP contribution in [0.25, 0.3) is 11.3 Å². The lowest BCUT2D eigenvalue weighted by atomic mass is 10.1. The normalized spacial score (nSPS) is 14.1. The van der Waals surface area contributed by atoms with Crippen molar-refractivity contribution in [2.24, 2.45) is 0 Å². The number of aryl methyl sites for hydroxylation is 1. The molecule has 0 spiro atoms. The minimum absolute atomic E-state index is 0.0338. The van der Waals surface area contributed by atoms with Gasteiger partial charge in [-0.3, -0.25) is 4.98 Å². The molecule has 0 saturated heterocycles. The van der Waals surface area contributed by atoms with E-state index >= 15 is 0 Å². The number of rotatable bonds is 1. The zero-order chi connectivity index (χ0) is 14.2. The van der Waals surface area contributed by atoms with Gasteiger partial charge in [-0.15, -0.1) is 0 Å². The van der Waals surface area contributed by atoms with Gasteiger partial charge in [0.05, 0.1) is 5.69 Å². The summed E-state index contributed by atoms with van der Waals surface area (Å²) in [6, 6.07) is 3.65. The maximum absolute atomic E-state index is 13.5. The van der Waals surface area contributed by atoms with Crippen molar-refractivity contribution in [3.63, 3.8) is 0 Å². The van der Waals surface area contributed by atoms with Gasteiger partial charge in [0.25, 0.3) is 0 Å². The summed E-state index contributed by atoms with van der Waals surface area (Å²) >= 11 is 0. The Labute approximate surface area is 94.8 Å². The van der Waals surface area contributed by atoms with Crippen molar-refractivity contribution in [1.29, 1.82) is 0 Å². The van der Waals surface area contributed by atoms with Gasteiger partial charge in [0, 0.05) is 21.9 Å². The Bertz CT molecular complexity index is 609. The van der Waals surface area contributed by atoms with E-state index in [1.807, 2.05) is 0 Å². The van der Waals surface area contributed by atoms with Gasteiger partial charge in [-0.05, 0) is 24.5 Å². The van der Waals surface area contributed by atoms with Crippen molar-refractivity contribution in [3.05, 3.63) is 53.5 Å². The van der Waals surface area contributed by atoms with E-state index in [0.717, 1.165) is 12.3 Å². The zero-order valence-corrected chi connectivity index (χ0v) is 7.97. The van der Waals surface area contributed by atoms with Gasteiger partial charge < -0.3 is 0 Å². The molecule has 0 amide bonds. The Morgan fingerprint density at radius 3 is 2.62 bits per heavy atom. The Kier molecular flexibility index (Phi) is 1.84. The Hall–Kier alpha value is -1.84. The summed E-state index contributed by atoms with van der Waals surface area (Å²) in [5, 5.41) is 0. The summed E-state index contributed by atoms with van der Waals surface area (Å²) in [5.74, 6) is -3.48. The number of halogens is 3. The Balaban J connectivity index is 2.49. The van der Waals surface area contributed by atoms with Crippen molar-refractivity contribution in [2.75, 3.05) is 0 Å². The quantitative estimate of drug-likeness (QED) is 0.678. The van der Waals surface area contributed by atoms with E-state index in [2.05, 4.69) is 4.98 Å². The van der Waals surface area contributed by atoms with Crippen LogP contribution >= 0.6 is 0 Å². The van der Waals surface area contributed by atoms with Gasteiger partial charge in [0.2, 0.25) is 0 Å². The van der Waals surface area contributed by atoms with Crippen LogP contribution in [0.4, 0.5) is 13.2 Å². The third kappa shape index (κ3) is 1.91. The molecule has 4 heteroatoms. The Morgan fingerprint density at radius 1 is 1.19 bits per heavy atom. The second-order valence-electron chi connectivity index (χ2n) is 3.18. The van der Waals surface area contributed by atoms with Crippen LogP contribution in [0.2, 0.25) is 0 Å². The van der Waals surface area contributed by atoms with E-state index in [4.69, 9.17) is 4.11 Å². The molecule has 0 saturated carbocycles. The van der Waals surface area contributed by atoms with Crippen LogP contribution < -0.4 is 0 Å². The molecule has 2 rings (SSSR count). The van der Waals surface area contributed by atoms with E-state index in [-0.39, 0.29) is 16.8 Å². The molecule has 0 aliphatic heterocycles. The van der Waals surface area contributed by atoms with Crippen LogP contribution in [-0.2, 0) is 0 Å². The summed E-state index contributed by atoms with van der Waals surface area (Å²) in [7, 11) is 0. The lowest BCUT2D eigenvalue weighted by molar-refractivity contribution is 0.497. The van der Waals surface area contributed by atoms with Gasteiger partial charge in [-0.2, -0.15) is 0 Å². The minimum atomic E-state index is -2.34. The first-order valence-corrected chi connectivity index (χ1v) is 4.40. The maximum atomic E-state index is 13.5. The zero-order valence-electron chi connectivity index (χ0n) is 11.0. The summed E-state index contributed by atoms with van der Waals surface area (Å²) in [6.07, 6.45) is 1.03. The smallest absolute Gasteiger partial charge is 0.168 e. The van der Waals surface area contributed by atoms with Crippen molar-refractivity contribution in [3.8, 4) is 11.3 Å². The van der Waals surface area contributed by atoms with Crippen LogP contribution in [0.3, 0.4) is 0 Å². The average molecular weight is 226 g/mol. The monoisotopic (exact) mass is 226 g/mol. The van der Waals surface area contributed by atoms with Gasteiger partial charge in [0.15, 0.2) is 11.6 Å². The maximum Gasteiger partial charge on any atom is 0.168 e.